The molecule has 176 valence electrons. The molecular formula is C21H23F3N6O2S. The number of rotatable bonds is 7. The fourth-order valence-corrected chi connectivity index (χ4v) is 4.64. The van der Waals surface area contributed by atoms with Crippen molar-refractivity contribution in [3.63, 3.8) is 0 Å². The molecule has 1 aliphatic rings. The average Bonchev–Trinajstić information content (AvgIpc) is 3.50. The Kier molecular flexibility index (Phi) is 6.75. The van der Waals surface area contributed by atoms with E-state index in [2.05, 4.69) is 20.6 Å². The zero-order valence-corrected chi connectivity index (χ0v) is 18.9. The molecule has 0 aliphatic carbocycles. The SMILES string of the molecule is Cc1cc(C(=O)NCc2nnc(SC[C@H]3CCCO3)n2-c2cccc(C(F)(F)F)c2)n(C)n1. The van der Waals surface area contributed by atoms with Gasteiger partial charge in [-0.25, -0.2) is 0 Å². The predicted octanol–water partition coefficient (Wildman–Crippen LogP) is 3.53. The Morgan fingerprint density at radius 1 is 1.30 bits per heavy atom. The number of nitrogens with zero attached hydrogens (tertiary/aromatic N) is 5. The Hall–Kier alpha value is -2.86. The van der Waals surface area contributed by atoms with Gasteiger partial charge in [0.1, 0.15) is 5.69 Å². The molecule has 3 aromatic rings. The summed E-state index contributed by atoms with van der Waals surface area (Å²) < 4.78 is 48.6. The van der Waals surface area contributed by atoms with E-state index in [4.69, 9.17) is 4.74 Å². The Labute approximate surface area is 192 Å². The van der Waals surface area contributed by atoms with Crippen LogP contribution in [0.5, 0.6) is 0 Å². The molecule has 0 spiro atoms. The molecule has 8 nitrogen and oxygen atoms in total. The van der Waals surface area contributed by atoms with E-state index in [1.165, 1.54) is 22.5 Å². The van der Waals surface area contributed by atoms with Crippen LogP contribution in [0.25, 0.3) is 5.69 Å². The first-order chi connectivity index (χ1) is 15.7. The fourth-order valence-electron chi connectivity index (χ4n) is 3.61. The summed E-state index contributed by atoms with van der Waals surface area (Å²) in [6, 6.07) is 6.61. The highest BCUT2D eigenvalue weighted by atomic mass is 32.2. The Bertz CT molecular complexity index is 1140. The van der Waals surface area contributed by atoms with Gasteiger partial charge in [-0.15, -0.1) is 10.2 Å². The van der Waals surface area contributed by atoms with Gasteiger partial charge in [0, 0.05) is 19.4 Å². The lowest BCUT2D eigenvalue weighted by atomic mass is 10.2. The van der Waals surface area contributed by atoms with E-state index in [9.17, 15) is 18.0 Å². The third-order valence-electron chi connectivity index (χ3n) is 5.20. The molecule has 0 bridgehead atoms. The lowest BCUT2D eigenvalue weighted by Gasteiger charge is -2.14. The van der Waals surface area contributed by atoms with Crippen molar-refractivity contribution >= 4 is 17.7 Å². The lowest BCUT2D eigenvalue weighted by molar-refractivity contribution is -0.137. The minimum Gasteiger partial charge on any atom is -0.377 e. The van der Waals surface area contributed by atoms with Crippen LogP contribution in [-0.2, 0) is 24.5 Å². The van der Waals surface area contributed by atoms with Crippen LogP contribution in [0, 0.1) is 6.92 Å². The quantitative estimate of drug-likeness (QED) is 0.521. The number of aromatic nitrogens is 5. The molecule has 33 heavy (non-hydrogen) atoms. The molecule has 1 N–H and O–H groups in total. The fraction of sp³-hybridized carbons (Fsp3) is 0.429. The van der Waals surface area contributed by atoms with Crippen molar-refractivity contribution in [2.75, 3.05) is 12.4 Å². The molecular weight excluding hydrogens is 457 g/mol. The molecule has 0 saturated carbocycles. The van der Waals surface area contributed by atoms with E-state index in [0.29, 0.717) is 34.7 Å². The molecule has 4 rings (SSSR count). The standard InChI is InChI=1S/C21H23F3N6O2S/c1-13-9-17(29(2)28-13)19(31)25-11-18-26-27-20(33-12-16-7-4-8-32-16)30(18)15-6-3-5-14(10-15)21(22,23)24/h3,5-6,9-10,16H,4,7-8,11-12H2,1-2H3,(H,25,31)/t16-/m1/s1. The van der Waals surface area contributed by atoms with Gasteiger partial charge in [0.05, 0.1) is 29.6 Å². The third kappa shape index (κ3) is 5.38. The maximum Gasteiger partial charge on any atom is 0.416 e. The van der Waals surface area contributed by atoms with Crippen molar-refractivity contribution in [3.05, 3.63) is 53.1 Å². The van der Waals surface area contributed by atoms with Crippen LogP contribution < -0.4 is 5.32 Å². The van der Waals surface area contributed by atoms with Gasteiger partial charge in [0.15, 0.2) is 11.0 Å². The van der Waals surface area contributed by atoms with Gasteiger partial charge in [0.2, 0.25) is 0 Å². The van der Waals surface area contributed by atoms with Gasteiger partial charge in [-0.2, -0.15) is 18.3 Å². The van der Waals surface area contributed by atoms with Crippen LogP contribution in [0.3, 0.4) is 0 Å². The van der Waals surface area contributed by atoms with Crippen LogP contribution in [0.15, 0.2) is 35.5 Å². The number of thioether (sulfide) groups is 1. The monoisotopic (exact) mass is 480 g/mol. The number of aryl methyl sites for hydroxylation is 2. The zero-order valence-electron chi connectivity index (χ0n) is 18.1. The second-order valence-corrected chi connectivity index (χ2v) is 8.69. The van der Waals surface area contributed by atoms with E-state index in [1.807, 2.05) is 0 Å². The van der Waals surface area contributed by atoms with Crippen molar-refractivity contribution in [2.24, 2.45) is 7.05 Å². The first-order valence-electron chi connectivity index (χ1n) is 10.4. The summed E-state index contributed by atoms with van der Waals surface area (Å²) in [5.74, 6) is 0.555. The summed E-state index contributed by atoms with van der Waals surface area (Å²) in [7, 11) is 1.66. The lowest BCUT2D eigenvalue weighted by Crippen LogP contribution is -2.26. The summed E-state index contributed by atoms with van der Waals surface area (Å²) in [6.07, 6.45) is -2.51. The minimum atomic E-state index is -4.49. The van der Waals surface area contributed by atoms with E-state index in [0.717, 1.165) is 25.0 Å². The summed E-state index contributed by atoms with van der Waals surface area (Å²) in [5, 5.41) is 15.7. The van der Waals surface area contributed by atoms with Gasteiger partial charge in [0.25, 0.3) is 5.91 Å². The number of benzene rings is 1. The maximum atomic E-state index is 13.3. The number of hydrogen-bond acceptors (Lipinski definition) is 6. The number of amides is 1. The molecule has 1 atom stereocenters. The first kappa shape index (κ1) is 23.3. The van der Waals surface area contributed by atoms with Crippen molar-refractivity contribution in [2.45, 2.75) is 43.7 Å². The van der Waals surface area contributed by atoms with Gasteiger partial charge in [-0.3, -0.25) is 14.0 Å². The van der Waals surface area contributed by atoms with Crippen LogP contribution >= 0.6 is 11.8 Å². The Balaban J connectivity index is 1.61. The number of ether oxygens (including phenoxy) is 1. The number of alkyl halides is 3. The minimum absolute atomic E-state index is 0.0210. The summed E-state index contributed by atoms with van der Waals surface area (Å²) >= 11 is 1.37. The molecule has 1 aliphatic heterocycles. The van der Waals surface area contributed by atoms with Crippen LogP contribution in [0.2, 0.25) is 0 Å². The summed E-state index contributed by atoms with van der Waals surface area (Å²) in [6.45, 7) is 2.46. The predicted molar refractivity (Wildman–Crippen MR) is 115 cm³/mol. The Morgan fingerprint density at radius 2 is 2.12 bits per heavy atom. The molecule has 12 heteroatoms. The highest BCUT2D eigenvalue weighted by molar-refractivity contribution is 7.99. The second kappa shape index (κ2) is 9.56. The molecule has 0 radical (unpaired) electrons. The van der Waals surface area contributed by atoms with Crippen LogP contribution in [0.1, 0.15) is 40.4 Å². The van der Waals surface area contributed by atoms with E-state index in [1.54, 1.807) is 30.7 Å². The van der Waals surface area contributed by atoms with Gasteiger partial charge >= 0.3 is 6.18 Å². The van der Waals surface area contributed by atoms with Crippen molar-refractivity contribution in [3.8, 4) is 5.69 Å². The summed E-state index contributed by atoms with van der Waals surface area (Å²) in [4.78, 5) is 12.6. The van der Waals surface area contributed by atoms with E-state index in [-0.39, 0.29) is 24.2 Å². The smallest absolute Gasteiger partial charge is 0.377 e. The number of carbonyl (C=O) groups is 1. The first-order valence-corrected chi connectivity index (χ1v) is 11.4. The van der Waals surface area contributed by atoms with Gasteiger partial charge in [-0.05, 0) is 44.0 Å². The molecule has 1 amide bonds. The van der Waals surface area contributed by atoms with Crippen molar-refractivity contribution in [1.82, 2.24) is 29.9 Å². The topological polar surface area (TPSA) is 86.9 Å². The second-order valence-electron chi connectivity index (χ2n) is 7.71. The Morgan fingerprint density at radius 3 is 2.79 bits per heavy atom. The van der Waals surface area contributed by atoms with Crippen molar-refractivity contribution < 1.29 is 22.7 Å². The highest BCUT2D eigenvalue weighted by Gasteiger charge is 2.31. The highest BCUT2D eigenvalue weighted by Crippen LogP contribution is 2.32. The molecule has 1 fully saturated rings. The number of hydrogen-bond donors (Lipinski definition) is 1. The van der Waals surface area contributed by atoms with E-state index >= 15 is 0 Å². The molecule has 2 aromatic heterocycles. The molecule has 1 saturated heterocycles. The zero-order chi connectivity index (χ0) is 23.6. The summed E-state index contributed by atoms with van der Waals surface area (Å²) in [5.41, 5.74) is 0.558. The largest absolute Gasteiger partial charge is 0.416 e. The average molecular weight is 481 g/mol. The van der Waals surface area contributed by atoms with Gasteiger partial charge in [-0.1, -0.05) is 17.8 Å². The van der Waals surface area contributed by atoms with E-state index < -0.39 is 11.7 Å². The number of nitrogens with one attached hydrogen (secondary N) is 1. The molecule has 1 aromatic carbocycles. The normalized spacial score (nSPS) is 16.3. The molecule has 3 heterocycles. The number of carbonyl (C=O) groups excluding carboxylic acids is 1. The third-order valence-corrected chi connectivity index (χ3v) is 6.26. The van der Waals surface area contributed by atoms with Crippen molar-refractivity contribution in [1.29, 1.82) is 0 Å². The van der Waals surface area contributed by atoms with Crippen LogP contribution in [-0.4, -0.2) is 48.9 Å². The number of halogens is 3. The van der Waals surface area contributed by atoms with Gasteiger partial charge < -0.3 is 10.1 Å². The van der Waals surface area contributed by atoms with Crippen LogP contribution in [0.4, 0.5) is 13.2 Å². The maximum absolute atomic E-state index is 13.3. The molecule has 0 unspecified atom stereocenters.